The molecule has 0 saturated carbocycles. The van der Waals surface area contributed by atoms with Crippen molar-refractivity contribution in [3.8, 4) is 11.5 Å². The van der Waals surface area contributed by atoms with Crippen molar-refractivity contribution in [2.45, 2.75) is 13.5 Å². The van der Waals surface area contributed by atoms with E-state index in [-0.39, 0.29) is 17.2 Å². The van der Waals surface area contributed by atoms with Crippen molar-refractivity contribution in [3.63, 3.8) is 0 Å². The Bertz CT molecular complexity index is 582. The SMILES string of the molecule is CCNC(=O)c1ccc(OCc2ccccc2)cc1O. The van der Waals surface area contributed by atoms with E-state index in [0.29, 0.717) is 18.9 Å². The number of ether oxygens (including phenoxy) is 1. The first-order valence-corrected chi connectivity index (χ1v) is 6.48. The summed E-state index contributed by atoms with van der Waals surface area (Å²) >= 11 is 0. The second-order valence-corrected chi connectivity index (χ2v) is 4.31. The predicted molar refractivity (Wildman–Crippen MR) is 76.9 cm³/mol. The Balaban J connectivity index is 2.04. The molecule has 4 nitrogen and oxygen atoms in total. The Kier molecular flexibility index (Phi) is 4.60. The molecule has 0 saturated heterocycles. The molecule has 104 valence electrons. The standard InChI is InChI=1S/C16H17NO3/c1-2-17-16(19)14-9-8-13(10-15(14)18)20-11-12-6-4-3-5-7-12/h3-10,18H,2,11H2,1H3,(H,17,19). The minimum atomic E-state index is -0.292. The van der Waals surface area contributed by atoms with Gasteiger partial charge in [-0.1, -0.05) is 30.3 Å². The molecule has 0 aliphatic heterocycles. The first kappa shape index (κ1) is 13.9. The smallest absolute Gasteiger partial charge is 0.255 e. The minimum absolute atomic E-state index is 0.0819. The van der Waals surface area contributed by atoms with E-state index in [4.69, 9.17) is 4.74 Å². The van der Waals surface area contributed by atoms with Gasteiger partial charge in [0.15, 0.2) is 0 Å². The topological polar surface area (TPSA) is 58.6 Å². The summed E-state index contributed by atoms with van der Waals surface area (Å²) < 4.78 is 5.58. The second-order valence-electron chi connectivity index (χ2n) is 4.31. The monoisotopic (exact) mass is 271 g/mol. The minimum Gasteiger partial charge on any atom is -0.507 e. The molecule has 0 heterocycles. The third-order valence-corrected chi connectivity index (χ3v) is 2.80. The molecule has 0 spiro atoms. The zero-order valence-corrected chi connectivity index (χ0v) is 11.3. The normalized spacial score (nSPS) is 10.1. The van der Waals surface area contributed by atoms with Gasteiger partial charge in [0.25, 0.3) is 5.91 Å². The highest BCUT2D eigenvalue weighted by Crippen LogP contribution is 2.24. The summed E-state index contributed by atoms with van der Waals surface area (Å²) in [6.07, 6.45) is 0. The lowest BCUT2D eigenvalue weighted by Crippen LogP contribution is -2.22. The van der Waals surface area contributed by atoms with E-state index in [1.807, 2.05) is 37.3 Å². The van der Waals surface area contributed by atoms with Crippen molar-refractivity contribution in [1.29, 1.82) is 0 Å². The van der Waals surface area contributed by atoms with Crippen LogP contribution in [0, 0.1) is 0 Å². The van der Waals surface area contributed by atoms with Gasteiger partial charge in [0, 0.05) is 12.6 Å². The van der Waals surface area contributed by atoms with Gasteiger partial charge in [-0.05, 0) is 24.6 Å². The molecule has 2 aromatic rings. The van der Waals surface area contributed by atoms with E-state index in [1.54, 1.807) is 12.1 Å². The predicted octanol–water partition coefficient (Wildman–Crippen LogP) is 2.72. The Morgan fingerprint density at radius 3 is 2.60 bits per heavy atom. The summed E-state index contributed by atoms with van der Waals surface area (Å²) in [5.74, 6) is 0.153. The van der Waals surface area contributed by atoms with Crippen LogP contribution in [-0.4, -0.2) is 17.6 Å². The van der Waals surface area contributed by atoms with Crippen LogP contribution in [0.2, 0.25) is 0 Å². The maximum Gasteiger partial charge on any atom is 0.255 e. The molecule has 0 radical (unpaired) electrons. The fourth-order valence-corrected chi connectivity index (χ4v) is 1.79. The lowest BCUT2D eigenvalue weighted by atomic mass is 10.1. The molecule has 0 aromatic heterocycles. The summed E-state index contributed by atoms with van der Waals surface area (Å²) in [6, 6.07) is 14.4. The van der Waals surface area contributed by atoms with E-state index in [1.165, 1.54) is 6.07 Å². The molecule has 0 aliphatic carbocycles. The van der Waals surface area contributed by atoms with Gasteiger partial charge in [-0.25, -0.2) is 0 Å². The van der Waals surface area contributed by atoms with Crippen molar-refractivity contribution >= 4 is 5.91 Å². The molecule has 2 aromatic carbocycles. The van der Waals surface area contributed by atoms with Gasteiger partial charge in [-0.15, -0.1) is 0 Å². The van der Waals surface area contributed by atoms with Crippen molar-refractivity contribution in [3.05, 3.63) is 59.7 Å². The summed E-state index contributed by atoms with van der Waals surface area (Å²) in [4.78, 5) is 11.6. The summed E-state index contributed by atoms with van der Waals surface area (Å²) in [5, 5.41) is 12.5. The van der Waals surface area contributed by atoms with Gasteiger partial charge in [-0.2, -0.15) is 0 Å². The maximum absolute atomic E-state index is 11.6. The van der Waals surface area contributed by atoms with Crippen LogP contribution in [0.3, 0.4) is 0 Å². The van der Waals surface area contributed by atoms with Gasteiger partial charge < -0.3 is 15.2 Å². The number of aromatic hydroxyl groups is 1. The number of rotatable bonds is 5. The van der Waals surface area contributed by atoms with Crippen LogP contribution in [-0.2, 0) is 6.61 Å². The van der Waals surface area contributed by atoms with Crippen LogP contribution in [0.25, 0.3) is 0 Å². The van der Waals surface area contributed by atoms with E-state index < -0.39 is 0 Å². The lowest BCUT2D eigenvalue weighted by Gasteiger charge is -2.09. The van der Waals surface area contributed by atoms with Crippen molar-refractivity contribution in [2.24, 2.45) is 0 Å². The Morgan fingerprint density at radius 1 is 1.20 bits per heavy atom. The summed E-state index contributed by atoms with van der Waals surface area (Å²) in [6.45, 7) is 2.76. The average molecular weight is 271 g/mol. The molecule has 20 heavy (non-hydrogen) atoms. The molecule has 1 amide bonds. The van der Waals surface area contributed by atoms with E-state index in [2.05, 4.69) is 5.32 Å². The highest BCUT2D eigenvalue weighted by Gasteiger charge is 2.10. The van der Waals surface area contributed by atoms with Crippen LogP contribution in [0.1, 0.15) is 22.8 Å². The number of nitrogens with one attached hydrogen (secondary N) is 1. The molecule has 0 aliphatic rings. The van der Waals surface area contributed by atoms with Gasteiger partial charge in [0.05, 0.1) is 5.56 Å². The third-order valence-electron chi connectivity index (χ3n) is 2.80. The largest absolute Gasteiger partial charge is 0.507 e. The fraction of sp³-hybridized carbons (Fsp3) is 0.188. The number of benzene rings is 2. The third kappa shape index (κ3) is 3.51. The fourth-order valence-electron chi connectivity index (χ4n) is 1.79. The number of hydrogen-bond acceptors (Lipinski definition) is 3. The number of amides is 1. The highest BCUT2D eigenvalue weighted by molar-refractivity contribution is 5.96. The van der Waals surface area contributed by atoms with Crippen molar-refractivity contribution in [1.82, 2.24) is 5.32 Å². The van der Waals surface area contributed by atoms with Crippen LogP contribution in [0.5, 0.6) is 11.5 Å². The van der Waals surface area contributed by atoms with Gasteiger partial charge in [0.1, 0.15) is 18.1 Å². The van der Waals surface area contributed by atoms with Gasteiger partial charge in [0.2, 0.25) is 0 Å². The number of carbonyl (C=O) groups excluding carboxylic acids is 1. The number of hydrogen-bond donors (Lipinski definition) is 2. The molecule has 4 heteroatoms. The molecule has 0 bridgehead atoms. The molecule has 0 atom stereocenters. The first-order chi connectivity index (χ1) is 9.70. The first-order valence-electron chi connectivity index (χ1n) is 6.48. The van der Waals surface area contributed by atoms with Crippen LogP contribution < -0.4 is 10.1 Å². The molecule has 0 unspecified atom stereocenters. The molecule has 2 rings (SSSR count). The van der Waals surface area contributed by atoms with E-state index in [9.17, 15) is 9.90 Å². The van der Waals surface area contributed by atoms with Gasteiger partial charge in [-0.3, -0.25) is 4.79 Å². The lowest BCUT2D eigenvalue weighted by molar-refractivity contribution is 0.0953. The van der Waals surface area contributed by atoms with Crippen molar-refractivity contribution < 1.29 is 14.6 Å². The maximum atomic E-state index is 11.6. The average Bonchev–Trinajstić information content (AvgIpc) is 2.46. The zero-order valence-electron chi connectivity index (χ0n) is 11.3. The van der Waals surface area contributed by atoms with Crippen LogP contribution >= 0.6 is 0 Å². The van der Waals surface area contributed by atoms with Gasteiger partial charge >= 0.3 is 0 Å². The van der Waals surface area contributed by atoms with Crippen LogP contribution in [0.15, 0.2) is 48.5 Å². The van der Waals surface area contributed by atoms with E-state index >= 15 is 0 Å². The van der Waals surface area contributed by atoms with Crippen molar-refractivity contribution in [2.75, 3.05) is 6.54 Å². The number of carbonyl (C=O) groups is 1. The number of phenols is 1. The zero-order chi connectivity index (χ0) is 14.4. The van der Waals surface area contributed by atoms with E-state index in [0.717, 1.165) is 5.56 Å². The Labute approximate surface area is 118 Å². The molecular formula is C16H17NO3. The highest BCUT2D eigenvalue weighted by atomic mass is 16.5. The molecule has 2 N–H and O–H groups in total. The second kappa shape index (κ2) is 6.61. The molecular weight excluding hydrogens is 254 g/mol. The molecule has 0 fully saturated rings. The summed E-state index contributed by atoms with van der Waals surface area (Å²) in [5.41, 5.74) is 1.29. The Morgan fingerprint density at radius 2 is 1.95 bits per heavy atom. The Hall–Kier alpha value is -2.49. The van der Waals surface area contributed by atoms with Crippen LogP contribution in [0.4, 0.5) is 0 Å². The number of phenolic OH excluding ortho intramolecular Hbond substituents is 1. The quantitative estimate of drug-likeness (QED) is 0.879. The summed E-state index contributed by atoms with van der Waals surface area (Å²) in [7, 11) is 0.